The summed E-state index contributed by atoms with van der Waals surface area (Å²) in [5, 5.41) is 28.7. The minimum Gasteiger partial charge on any atom is -0.394 e. The summed E-state index contributed by atoms with van der Waals surface area (Å²) >= 11 is 0. The van der Waals surface area contributed by atoms with E-state index in [1.807, 2.05) is 0 Å². The predicted molar refractivity (Wildman–Crippen MR) is 62.7 cm³/mol. The monoisotopic (exact) mass is 267 g/mol. The van der Waals surface area contributed by atoms with Crippen LogP contribution >= 0.6 is 0 Å². The van der Waals surface area contributed by atoms with Crippen LogP contribution in [-0.4, -0.2) is 59.8 Å². The quantitative estimate of drug-likeness (QED) is 0.491. The number of aliphatic hydroxyl groups is 3. The lowest BCUT2D eigenvalue weighted by Gasteiger charge is -2.16. The normalized spacial score (nSPS) is 31.1. The Balaban J connectivity index is 2.04. The van der Waals surface area contributed by atoms with Crippen molar-refractivity contribution in [2.75, 3.05) is 12.3 Å². The first-order valence-electron chi connectivity index (χ1n) is 5.69. The number of hydrogen-bond donors (Lipinski definition) is 4. The number of ether oxygens (including phenoxy) is 1. The van der Waals surface area contributed by atoms with Crippen molar-refractivity contribution in [1.82, 2.24) is 19.5 Å². The molecule has 1 fully saturated rings. The maximum Gasteiger partial charge on any atom is 0.167 e. The van der Waals surface area contributed by atoms with Crippen molar-refractivity contribution in [3.8, 4) is 0 Å². The molecule has 1 aliphatic rings. The van der Waals surface area contributed by atoms with E-state index in [0.717, 1.165) is 0 Å². The zero-order valence-corrected chi connectivity index (χ0v) is 9.79. The summed E-state index contributed by atoms with van der Waals surface area (Å²) in [4.78, 5) is 11.9. The molecule has 0 saturated carbocycles. The number of fused-ring (bicyclic) bond motifs is 1. The Bertz CT molecular complexity index is 603. The molecule has 4 atom stereocenters. The van der Waals surface area contributed by atoms with Gasteiger partial charge in [0.1, 0.15) is 30.2 Å². The van der Waals surface area contributed by atoms with Gasteiger partial charge in [-0.2, -0.15) is 0 Å². The SMILES string of the molecule is Nc1ncnc2c1ncn2[C@@H]1OC(CO)C(O)[C@@H]1O. The third-order valence-corrected chi connectivity index (χ3v) is 3.18. The number of imidazole rings is 1. The number of anilines is 1. The van der Waals surface area contributed by atoms with Crippen LogP contribution in [0.2, 0.25) is 0 Å². The zero-order chi connectivity index (χ0) is 13.6. The molecule has 0 amide bonds. The fraction of sp³-hybridized carbons (Fsp3) is 0.500. The molecule has 102 valence electrons. The van der Waals surface area contributed by atoms with Crippen molar-refractivity contribution in [2.24, 2.45) is 0 Å². The van der Waals surface area contributed by atoms with Crippen LogP contribution in [0, 0.1) is 0 Å². The van der Waals surface area contributed by atoms with E-state index < -0.39 is 31.1 Å². The van der Waals surface area contributed by atoms with E-state index in [-0.39, 0.29) is 5.82 Å². The molecule has 0 radical (unpaired) electrons. The van der Waals surface area contributed by atoms with E-state index in [1.54, 1.807) is 0 Å². The molecular formula is C10H13N5O4. The minimum absolute atomic E-state index is 0.218. The Morgan fingerprint density at radius 1 is 1.26 bits per heavy atom. The molecule has 9 heteroatoms. The van der Waals surface area contributed by atoms with Gasteiger partial charge in [-0.25, -0.2) is 15.0 Å². The van der Waals surface area contributed by atoms with Gasteiger partial charge in [-0.05, 0) is 0 Å². The van der Waals surface area contributed by atoms with Gasteiger partial charge in [0.05, 0.1) is 12.9 Å². The standard InChI is InChI=1S/C10H13N5O4/c11-8-5-9(13-2-12-8)15(3-14-5)10-7(18)6(17)4(1-16)19-10/h2-4,6-7,10,16-18H,1H2,(H2,11,12,13)/t4?,6?,7-,10+/m0/s1. The summed E-state index contributed by atoms with van der Waals surface area (Å²) in [5.41, 5.74) is 6.44. The molecule has 3 heterocycles. The van der Waals surface area contributed by atoms with Gasteiger partial charge in [-0.3, -0.25) is 4.57 Å². The summed E-state index contributed by atoms with van der Waals surface area (Å²) in [6.45, 7) is -0.390. The second kappa shape index (κ2) is 4.38. The molecule has 0 spiro atoms. The van der Waals surface area contributed by atoms with Crippen molar-refractivity contribution < 1.29 is 20.1 Å². The Hall–Kier alpha value is -1.81. The maximum atomic E-state index is 9.95. The van der Waals surface area contributed by atoms with Crippen LogP contribution in [0.4, 0.5) is 5.82 Å². The highest BCUT2D eigenvalue weighted by molar-refractivity contribution is 5.81. The summed E-state index contributed by atoms with van der Waals surface area (Å²) < 4.78 is 6.85. The number of rotatable bonds is 2. The third-order valence-electron chi connectivity index (χ3n) is 3.18. The largest absolute Gasteiger partial charge is 0.394 e. The molecule has 2 unspecified atom stereocenters. The molecule has 5 N–H and O–H groups in total. The van der Waals surface area contributed by atoms with E-state index >= 15 is 0 Å². The Kier molecular flexibility index (Phi) is 2.82. The number of nitrogens with two attached hydrogens (primary N) is 1. The van der Waals surface area contributed by atoms with E-state index in [4.69, 9.17) is 15.6 Å². The van der Waals surface area contributed by atoms with Gasteiger partial charge in [-0.15, -0.1) is 0 Å². The highest BCUT2D eigenvalue weighted by Gasteiger charge is 2.43. The number of aliphatic hydroxyl groups excluding tert-OH is 3. The lowest BCUT2D eigenvalue weighted by atomic mass is 10.1. The van der Waals surface area contributed by atoms with Gasteiger partial charge < -0.3 is 25.8 Å². The number of nitrogens with zero attached hydrogens (tertiary/aromatic N) is 4. The van der Waals surface area contributed by atoms with Gasteiger partial charge in [0.15, 0.2) is 17.7 Å². The second-order valence-electron chi connectivity index (χ2n) is 4.31. The summed E-state index contributed by atoms with van der Waals surface area (Å²) in [6, 6.07) is 0. The second-order valence-corrected chi connectivity index (χ2v) is 4.31. The van der Waals surface area contributed by atoms with E-state index in [1.165, 1.54) is 17.2 Å². The van der Waals surface area contributed by atoms with Crippen molar-refractivity contribution in [3.05, 3.63) is 12.7 Å². The molecule has 1 saturated heterocycles. The van der Waals surface area contributed by atoms with Crippen LogP contribution in [0.25, 0.3) is 11.2 Å². The van der Waals surface area contributed by atoms with Crippen LogP contribution in [-0.2, 0) is 4.74 Å². The number of nitrogen functional groups attached to an aromatic ring is 1. The van der Waals surface area contributed by atoms with Crippen molar-refractivity contribution in [3.63, 3.8) is 0 Å². The first kappa shape index (κ1) is 12.2. The highest BCUT2D eigenvalue weighted by Crippen LogP contribution is 2.31. The third kappa shape index (κ3) is 1.75. The van der Waals surface area contributed by atoms with Gasteiger partial charge in [0, 0.05) is 0 Å². The molecule has 1 aliphatic heterocycles. The molecular weight excluding hydrogens is 254 g/mol. The average Bonchev–Trinajstić information content (AvgIpc) is 2.94. The minimum atomic E-state index is -1.19. The van der Waals surface area contributed by atoms with Gasteiger partial charge >= 0.3 is 0 Å². The number of aromatic nitrogens is 4. The van der Waals surface area contributed by atoms with Crippen LogP contribution in [0.15, 0.2) is 12.7 Å². The van der Waals surface area contributed by atoms with E-state index in [9.17, 15) is 10.2 Å². The van der Waals surface area contributed by atoms with Crippen LogP contribution < -0.4 is 5.73 Å². The Morgan fingerprint density at radius 3 is 2.74 bits per heavy atom. The lowest BCUT2D eigenvalue weighted by molar-refractivity contribution is -0.0511. The molecule has 0 aromatic carbocycles. The lowest BCUT2D eigenvalue weighted by Crippen LogP contribution is -2.33. The van der Waals surface area contributed by atoms with Gasteiger partial charge in [-0.1, -0.05) is 0 Å². The van der Waals surface area contributed by atoms with Gasteiger partial charge in [0.25, 0.3) is 0 Å². The summed E-state index contributed by atoms with van der Waals surface area (Å²) in [7, 11) is 0. The fourth-order valence-corrected chi connectivity index (χ4v) is 2.17. The molecule has 2 aromatic rings. The first-order valence-corrected chi connectivity index (χ1v) is 5.69. The molecule has 2 aromatic heterocycles. The van der Waals surface area contributed by atoms with Crippen molar-refractivity contribution in [2.45, 2.75) is 24.5 Å². The molecule has 19 heavy (non-hydrogen) atoms. The highest BCUT2D eigenvalue weighted by atomic mass is 16.6. The van der Waals surface area contributed by atoms with Gasteiger partial charge in [0.2, 0.25) is 0 Å². The molecule has 0 aliphatic carbocycles. The van der Waals surface area contributed by atoms with E-state index in [0.29, 0.717) is 11.2 Å². The maximum absolute atomic E-state index is 9.95. The summed E-state index contributed by atoms with van der Waals surface area (Å²) in [6.07, 6.45) is -1.42. The van der Waals surface area contributed by atoms with Crippen molar-refractivity contribution >= 4 is 17.0 Å². The van der Waals surface area contributed by atoms with E-state index in [2.05, 4.69) is 15.0 Å². The number of hydrogen-bond acceptors (Lipinski definition) is 8. The Morgan fingerprint density at radius 2 is 2.05 bits per heavy atom. The topological polar surface area (TPSA) is 140 Å². The predicted octanol–water partition coefficient (Wildman–Crippen LogP) is -1.98. The average molecular weight is 267 g/mol. The van der Waals surface area contributed by atoms with Crippen LogP contribution in [0.3, 0.4) is 0 Å². The summed E-state index contributed by atoms with van der Waals surface area (Å²) in [5.74, 6) is 0.218. The zero-order valence-electron chi connectivity index (χ0n) is 9.79. The molecule has 3 rings (SSSR count). The smallest absolute Gasteiger partial charge is 0.167 e. The molecule has 9 nitrogen and oxygen atoms in total. The Labute approximate surface area is 107 Å². The molecule has 0 bridgehead atoms. The van der Waals surface area contributed by atoms with Crippen molar-refractivity contribution in [1.29, 1.82) is 0 Å². The first-order chi connectivity index (χ1) is 9.13. The van der Waals surface area contributed by atoms with Crippen LogP contribution in [0.5, 0.6) is 0 Å². The van der Waals surface area contributed by atoms with Crippen LogP contribution in [0.1, 0.15) is 6.23 Å². The fourth-order valence-electron chi connectivity index (χ4n) is 2.17.